The van der Waals surface area contributed by atoms with Gasteiger partial charge in [-0.25, -0.2) is 4.79 Å². The van der Waals surface area contributed by atoms with Crippen molar-refractivity contribution in [2.24, 2.45) is 14.1 Å². The molecule has 0 fully saturated rings. The van der Waals surface area contributed by atoms with Gasteiger partial charge in [0.25, 0.3) is 5.56 Å². The molecule has 2 rings (SSSR count). The molecule has 0 bridgehead atoms. The first kappa shape index (κ1) is 16.2. The van der Waals surface area contributed by atoms with Crippen LogP contribution in [0.5, 0.6) is 0 Å². The number of nitrogens with one attached hydrogen (secondary N) is 2. The third-order valence-corrected chi connectivity index (χ3v) is 3.52. The lowest BCUT2D eigenvalue weighted by atomic mass is 10.1. The summed E-state index contributed by atoms with van der Waals surface area (Å²) in [7, 11) is 2.93. The first-order valence-electron chi connectivity index (χ1n) is 6.72. The molecule has 0 saturated carbocycles. The van der Waals surface area contributed by atoms with Crippen LogP contribution in [0.1, 0.15) is 20.8 Å². The number of carbonyl (C=O) groups is 1. The summed E-state index contributed by atoms with van der Waals surface area (Å²) in [6.07, 6.45) is 0. The summed E-state index contributed by atoms with van der Waals surface area (Å²) < 4.78 is 3.92. The fourth-order valence-electron chi connectivity index (χ4n) is 2.24. The summed E-state index contributed by atoms with van der Waals surface area (Å²) in [6.45, 7) is 5.50. The van der Waals surface area contributed by atoms with Gasteiger partial charge in [-0.15, -0.1) is 0 Å². The van der Waals surface area contributed by atoms with E-state index >= 15 is 0 Å². The molecule has 0 spiro atoms. The van der Waals surface area contributed by atoms with Crippen LogP contribution >= 0.6 is 12.2 Å². The zero-order valence-electron chi connectivity index (χ0n) is 13.2. The van der Waals surface area contributed by atoms with Crippen molar-refractivity contribution < 1.29 is 4.79 Å². The van der Waals surface area contributed by atoms with E-state index in [0.717, 1.165) is 4.57 Å². The van der Waals surface area contributed by atoms with E-state index in [2.05, 4.69) is 10.3 Å². The highest BCUT2D eigenvalue weighted by molar-refractivity contribution is 7.71. The van der Waals surface area contributed by atoms with Crippen LogP contribution in [0, 0.1) is 4.77 Å². The molecule has 0 aliphatic heterocycles. The van der Waals surface area contributed by atoms with Crippen molar-refractivity contribution in [3.63, 3.8) is 0 Å². The predicted octanol–water partition coefficient (Wildman–Crippen LogP) is 0.0110. The molecule has 2 N–H and O–H groups in total. The number of hydrogen-bond acceptors (Lipinski definition) is 4. The lowest BCUT2D eigenvalue weighted by Crippen LogP contribution is -2.43. The number of amides is 1. The molecular weight excluding hydrogens is 306 g/mol. The van der Waals surface area contributed by atoms with E-state index < -0.39 is 11.2 Å². The second-order valence-electron chi connectivity index (χ2n) is 6.22. The van der Waals surface area contributed by atoms with Crippen molar-refractivity contribution >= 4 is 29.3 Å². The Morgan fingerprint density at radius 2 is 1.82 bits per heavy atom. The molecule has 0 aliphatic carbocycles. The number of aromatic amines is 1. The molecule has 0 unspecified atom stereocenters. The van der Waals surface area contributed by atoms with Crippen molar-refractivity contribution in [1.82, 2.24) is 24.0 Å². The van der Waals surface area contributed by atoms with E-state index in [1.807, 2.05) is 20.8 Å². The molecule has 0 saturated heterocycles. The number of nitrogens with zero attached hydrogens (tertiary/aromatic N) is 3. The highest BCUT2D eigenvalue weighted by atomic mass is 32.1. The van der Waals surface area contributed by atoms with E-state index in [4.69, 9.17) is 12.2 Å². The molecule has 9 heteroatoms. The lowest BCUT2D eigenvalue weighted by Gasteiger charge is -2.20. The smallest absolute Gasteiger partial charge is 0.332 e. The molecule has 22 heavy (non-hydrogen) atoms. The minimum atomic E-state index is -0.492. The maximum atomic E-state index is 12.3. The average Bonchev–Trinajstić information content (AvgIpc) is 2.69. The molecule has 1 amide bonds. The van der Waals surface area contributed by atoms with E-state index in [9.17, 15) is 14.4 Å². The van der Waals surface area contributed by atoms with E-state index in [0.29, 0.717) is 5.65 Å². The molecule has 2 aromatic heterocycles. The number of aryl methyl sites for hydroxylation is 1. The van der Waals surface area contributed by atoms with Gasteiger partial charge in [0.1, 0.15) is 12.2 Å². The highest BCUT2D eigenvalue weighted by Crippen LogP contribution is 2.08. The lowest BCUT2D eigenvalue weighted by molar-refractivity contribution is -0.123. The summed E-state index contributed by atoms with van der Waals surface area (Å²) in [5.74, 6) is -0.264. The summed E-state index contributed by atoms with van der Waals surface area (Å²) in [5.41, 5.74) is -0.821. The zero-order valence-corrected chi connectivity index (χ0v) is 14.0. The third kappa shape index (κ3) is 2.76. The van der Waals surface area contributed by atoms with Gasteiger partial charge in [-0.05, 0) is 33.0 Å². The zero-order chi connectivity index (χ0) is 16.8. The van der Waals surface area contributed by atoms with Gasteiger partial charge in [-0.1, -0.05) is 0 Å². The molecule has 0 radical (unpaired) electrons. The molecule has 8 nitrogen and oxygen atoms in total. The quantitative estimate of drug-likeness (QED) is 0.761. The number of carbonyl (C=O) groups excluding carboxylic acids is 1. The van der Waals surface area contributed by atoms with Gasteiger partial charge in [0.15, 0.2) is 10.3 Å². The maximum Gasteiger partial charge on any atom is 0.332 e. The highest BCUT2D eigenvalue weighted by Gasteiger charge is 2.19. The number of H-pyrrole nitrogens is 1. The maximum absolute atomic E-state index is 12.3. The number of imidazole rings is 1. The average molecular weight is 325 g/mol. The van der Waals surface area contributed by atoms with Crippen LogP contribution in [0.25, 0.3) is 11.2 Å². The monoisotopic (exact) mass is 325 g/mol. The molecule has 120 valence electrons. The Balaban J connectivity index is 2.64. The van der Waals surface area contributed by atoms with Gasteiger partial charge < -0.3 is 14.9 Å². The Morgan fingerprint density at radius 3 is 2.36 bits per heavy atom. The molecule has 0 aliphatic rings. The Labute approximate surface area is 131 Å². The van der Waals surface area contributed by atoms with Crippen molar-refractivity contribution in [2.45, 2.75) is 32.9 Å². The predicted molar refractivity (Wildman–Crippen MR) is 85.5 cm³/mol. The summed E-state index contributed by atoms with van der Waals surface area (Å²) in [5, 5.41) is 2.81. The normalized spacial score (nSPS) is 11.9. The van der Waals surface area contributed by atoms with Crippen molar-refractivity contribution in [3.8, 4) is 0 Å². The van der Waals surface area contributed by atoms with Crippen molar-refractivity contribution in [2.75, 3.05) is 0 Å². The fourth-order valence-corrected chi connectivity index (χ4v) is 2.49. The van der Waals surface area contributed by atoms with Crippen molar-refractivity contribution in [1.29, 1.82) is 0 Å². The number of aromatic nitrogens is 4. The fraction of sp³-hybridized carbons (Fsp3) is 0.538. The Bertz CT molecular complexity index is 923. The Hall–Kier alpha value is -2.16. The van der Waals surface area contributed by atoms with E-state index in [1.54, 1.807) is 0 Å². The van der Waals surface area contributed by atoms with Crippen LogP contribution in [-0.4, -0.2) is 30.1 Å². The SMILES string of the molecule is Cn1c(=O)c2c([nH]c(=S)n2CC(=O)NC(C)(C)C)n(C)c1=O. The molecule has 2 heterocycles. The second kappa shape index (κ2) is 5.24. The molecular formula is C13H19N5O3S. The molecule has 2 aromatic rings. The van der Waals surface area contributed by atoms with E-state index in [-0.39, 0.29) is 28.3 Å². The van der Waals surface area contributed by atoms with Crippen LogP contribution < -0.4 is 16.6 Å². The van der Waals surface area contributed by atoms with Crippen LogP contribution in [0.3, 0.4) is 0 Å². The van der Waals surface area contributed by atoms with Crippen LogP contribution in [-0.2, 0) is 25.4 Å². The standard InChI is InChI=1S/C13H19N5O3S/c1-13(2,3)15-7(19)6-18-8-9(14-11(18)22)16(4)12(21)17(5)10(8)20/h6H2,1-5H3,(H,14,22)(H,15,19). The van der Waals surface area contributed by atoms with Crippen LogP contribution in [0.4, 0.5) is 0 Å². The molecule has 0 aromatic carbocycles. The number of rotatable bonds is 2. The van der Waals surface area contributed by atoms with Gasteiger partial charge in [-0.3, -0.25) is 18.7 Å². The van der Waals surface area contributed by atoms with Gasteiger partial charge in [0, 0.05) is 19.6 Å². The van der Waals surface area contributed by atoms with Gasteiger partial charge >= 0.3 is 5.69 Å². The van der Waals surface area contributed by atoms with Gasteiger partial charge in [-0.2, -0.15) is 0 Å². The Kier molecular flexibility index (Phi) is 3.86. The number of fused-ring (bicyclic) bond motifs is 1. The summed E-state index contributed by atoms with van der Waals surface area (Å²) in [6, 6.07) is 0. The van der Waals surface area contributed by atoms with Gasteiger partial charge in [0.2, 0.25) is 5.91 Å². The second-order valence-corrected chi connectivity index (χ2v) is 6.60. The topological polar surface area (TPSA) is 93.8 Å². The minimum absolute atomic E-state index is 0.0937. The largest absolute Gasteiger partial charge is 0.350 e. The van der Waals surface area contributed by atoms with Gasteiger partial charge in [0.05, 0.1) is 0 Å². The van der Waals surface area contributed by atoms with E-state index in [1.165, 1.54) is 23.2 Å². The minimum Gasteiger partial charge on any atom is -0.350 e. The summed E-state index contributed by atoms with van der Waals surface area (Å²) in [4.78, 5) is 39.2. The third-order valence-electron chi connectivity index (χ3n) is 3.20. The molecule has 0 atom stereocenters. The summed E-state index contributed by atoms with van der Waals surface area (Å²) >= 11 is 5.18. The first-order chi connectivity index (χ1) is 10.0. The van der Waals surface area contributed by atoms with Crippen LogP contribution in [0.15, 0.2) is 9.59 Å². The first-order valence-corrected chi connectivity index (χ1v) is 7.13. The Morgan fingerprint density at radius 1 is 1.23 bits per heavy atom. The van der Waals surface area contributed by atoms with Crippen LogP contribution in [0.2, 0.25) is 0 Å². The van der Waals surface area contributed by atoms with Crippen molar-refractivity contribution in [3.05, 3.63) is 25.6 Å². The number of hydrogen-bond donors (Lipinski definition) is 2.